The average molecular weight is 531 g/mol. The highest BCUT2D eigenvalue weighted by Crippen LogP contribution is 2.33. The van der Waals surface area contributed by atoms with Crippen LogP contribution in [0.15, 0.2) is 42.0 Å². The monoisotopic (exact) mass is 530 g/mol. The Labute approximate surface area is 223 Å². The molecule has 5 rings (SSSR count). The topological polar surface area (TPSA) is 140 Å². The number of nitrogen functional groups attached to an aromatic ring is 1. The zero-order valence-electron chi connectivity index (χ0n) is 21.3. The molecule has 194 valence electrons. The lowest BCUT2D eigenvalue weighted by Gasteiger charge is -2.22. The number of aryl methyl sites for hydroxylation is 1. The molecule has 0 spiro atoms. The number of nitrogens with zero attached hydrogens (tertiary/aromatic N) is 4. The molecule has 0 atom stereocenters. The molecule has 4 aromatic rings. The van der Waals surface area contributed by atoms with Crippen LogP contribution in [-0.2, 0) is 0 Å². The molecule has 2 aromatic carbocycles. The molecule has 0 unspecified atom stereocenters. The standard InChI is InChI=1S/C27H27N7O3S/c1-4-34(9-10-35)16-6-8-20(21(11-16)37-3)32-26-17-7-5-15(2)22(18(17)12-29-26)33-27(36)19-13-38-24-23(19)30-14-31-25(24)28/h5-8,11-14,35H,4,9-10H2,1-3H3,(H3,28,29,30,31,32,33,36)/p+1. The number of aliphatic hydroxyl groups excluding tert-OH is 1. The molecule has 0 fully saturated rings. The number of nitrogens with one attached hydrogen (secondary N) is 2. The van der Waals surface area contributed by atoms with Crippen LogP contribution < -0.4 is 30.7 Å². The second kappa shape index (κ2) is 10.5. The number of hydrogen-bond donors (Lipinski definition) is 4. The lowest BCUT2D eigenvalue weighted by Crippen LogP contribution is -2.26. The fraction of sp³-hybridized carbons (Fsp3) is 0.222. The first-order valence-corrected chi connectivity index (χ1v) is 13.0. The Kier molecular flexibility index (Phi) is 6.97. The Morgan fingerprint density at radius 3 is 2.87 bits per heavy atom. The minimum atomic E-state index is -0.277. The van der Waals surface area contributed by atoms with E-state index in [2.05, 4.69) is 30.2 Å². The Morgan fingerprint density at radius 1 is 1.26 bits per heavy atom. The third-order valence-electron chi connectivity index (χ3n) is 6.45. The number of fused-ring (bicyclic) bond motifs is 2. The molecular formula is C27H28N7O3S+. The zero-order chi connectivity index (χ0) is 26.8. The molecule has 0 radical (unpaired) electrons. The molecule has 0 bridgehead atoms. The van der Waals surface area contributed by atoms with Crippen LogP contribution in [0.3, 0.4) is 0 Å². The first-order chi connectivity index (χ1) is 18.4. The van der Waals surface area contributed by atoms with Crippen LogP contribution >= 0.6 is 11.3 Å². The van der Waals surface area contributed by atoms with E-state index in [9.17, 15) is 9.90 Å². The first kappa shape index (κ1) is 25.2. The molecule has 0 aliphatic carbocycles. The highest BCUT2D eigenvalue weighted by molar-refractivity contribution is 7.18. The summed E-state index contributed by atoms with van der Waals surface area (Å²) in [5.74, 6) is 1.38. The van der Waals surface area contributed by atoms with E-state index in [-0.39, 0.29) is 12.5 Å². The summed E-state index contributed by atoms with van der Waals surface area (Å²) in [6.07, 6.45) is 3.10. The fourth-order valence-corrected chi connectivity index (χ4v) is 5.34. The number of aliphatic hydroxyl groups is 1. The lowest BCUT2D eigenvalue weighted by molar-refractivity contribution is 0.102. The second-order valence-electron chi connectivity index (χ2n) is 8.68. The quantitative estimate of drug-likeness (QED) is 0.255. The molecule has 11 heteroatoms. The van der Waals surface area contributed by atoms with Crippen LogP contribution in [0.25, 0.3) is 10.2 Å². The number of amides is 1. The minimum absolute atomic E-state index is 0.0717. The number of likely N-dealkylation sites (N-methyl/N-ethyl adjacent to an activating group) is 1. The van der Waals surface area contributed by atoms with Gasteiger partial charge in [-0.2, -0.15) is 0 Å². The third kappa shape index (κ3) is 4.54. The number of benzene rings is 2. The highest BCUT2D eigenvalue weighted by atomic mass is 32.1. The summed E-state index contributed by atoms with van der Waals surface area (Å²) < 4.78 is 10.9. The number of methoxy groups -OCH3 is 1. The molecule has 0 saturated carbocycles. The molecule has 1 amide bonds. The van der Waals surface area contributed by atoms with Gasteiger partial charge in [-0.3, -0.25) is 4.79 Å². The average Bonchev–Trinajstić information content (AvgIpc) is 3.54. The van der Waals surface area contributed by atoms with E-state index in [1.807, 2.05) is 44.2 Å². The van der Waals surface area contributed by atoms with Crippen molar-refractivity contribution in [3.05, 3.63) is 64.3 Å². The minimum Gasteiger partial charge on any atom is -0.492 e. The van der Waals surface area contributed by atoms with Gasteiger partial charge in [0, 0.05) is 30.2 Å². The smallest absolute Gasteiger partial charge is 0.380 e. The molecule has 10 nitrogen and oxygen atoms in total. The molecule has 3 heterocycles. The van der Waals surface area contributed by atoms with Gasteiger partial charge in [0.2, 0.25) is 6.21 Å². The van der Waals surface area contributed by atoms with Crippen molar-refractivity contribution in [1.29, 1.82) is 0 Å². The van der Waals surface area contributed by atoms with E-state index in [0.717, 1.165) is 34.6 Å². The van der Waals surface area contributed by atoms with E-state index >= 15 is 0 Å². The lowest BCUT2D eigenvalue weighted by atomic mass is 10.0. The summed E-state index contributed by atoms with van der Waals surface area (Å²) >= 11 is 1.34. The normalized spacial score (nSPS) is 11.8. The molecule has 2 aromatic heterocycles. The Morgan fingerprint density at radius 2 is 2.11 bits per heavy atom. The number of hydrogen-bond acceptors (Lipinski definition) is 9. The van der Waals surface area contributed by atoms with Crippen LogP contribution in [-0.4, -0.2) is 59.8 Å². The zero-order valence-corrected chi connectivity index (χ0v) is 22.1. The predicted molar refractivity (Wildman–Crippen MR) is 154 cm³/mol. The molecule has 38 heavy (non-hydrogen) atoms. The molecule has 5 N–H and O–H groups in total. The van der Waals surface area contributed by atoms with E-state index in [1.54, 1.807) is 18.7 Å². The number of ether oxygens (including phenoxy) is 1. The van der Waals surface area contributed by atoms with Crippen molar-refractivity contribution in [2.75, 3.05) is 48.1 Å². The van der Waals surface area contributed by atoms with Gasteiger partial charge >= 0.3 is 5.84 Å². The number of aromatic nitrogens is 2. The SMILES string of the molecule is CCN(CCO)c1ccc(NC2=[N+]=Cc3c2ccc(C)c3NC(=O)c2csc3c(N)ncnc23)c(OC)c1. The van der Waals surface area contributed by atoms with E-state index in [4.69, 9.17) is 10.5 Å². The van der Waals surface area contributed by atoms with Gasteiger partial charge in [0.05, 0.1) is 46.3 Å². The van der Waals surface area contributed by atoms with Crippen molar-refractivity contribution in [2.24, 2.45) is 0 Å². The largest absolute Gasteiger partial charge is 0.492 e. The number of rotatable bonds is 8. The summed E-state index contributed by atoms with van der Waals surface area (Å²) in [5, 5.41) is 17.5. The van der Waals surface area contributed by atoms with Gasteiger partial charge in [0.25, 0.3) is 5.91 Å². The van der Waals surface area contributed by atoms with Crippen LogP contribution in [0, 0.1) is 6.92 Å². The maximum absolute atomic E-state index is 13.3. The Balaban J connectivity index is 1.41. The number of carbonyl (C=O) groups is 1. The summed E-state index contributed by atoms with van der Waals surface area (Å²) in [4.78, 5) is 23.6. The predicted octanol–water partition coefficient (Wildman–Crippen LogP) is 3.02. The number of anilines is 4. The summed E-state index contributed by atoms with van der Waals surface area (Å²) in [6, 6.07) is 9.77. The van der Waals surface area contributed by atoms with Crippen LogP contribution in [0.4, 0.5) is 22.9 Å². The van der Waals surface area contributed by atoms with Crippen molar-refractivity contribution in [1.82, 2.24) is 14.6 Å². The number of thiophene rings is 1. The summed E-state index contributed by atoms with van der Waals surface area (Å²) in [5.41, 5.74) is 11.9. The van der Waals surface area contributed by atoms with Gasteiger partial charge in [-0.25, -0.2) is 20.0 Å². The third-order valence-corrected chi connectivity index (χ3v) is 7.44. The van der Waals surface area contributed by atoms with Crippen LogP contribution in [0.1, 0.15) is 34.0 Å². The number of nitrogens with two attached hydrogens (primary N) is 1. The van der Waals surface area contributed by atoms with Crippen molar-refractivity contribution in [3.8, 4) is 5.75 Å². The second-order valence-corrected chi connectivity index (χ2v) is 9.56. The van der Waals surface area contributed by atoms with Gasteiger partial charge in [-0.05, 0) is 37.6 Å². The number of amidine groups is 1. The van der Waals surface area contributed by atoms with Gasteiger partial charge in [-0.1, -0.05) is 6.07 Å². The molecule has 1 aliphatic heterocycles. The maximum atomic E-state index is 13.3. The van der Waals surface area contributed by atoms with Gasteiger partial charge in [-0.15, -0.1) is 11.3 Å². The van der Waals surface area contributed by atoms with Gasteiger partial charge in [0.1, 0.15) is 12.1 Å². The van der Waals surface area contributed by atoms with Crippen molar-refractivity contribution >= 4 is 62.4 Å². The Hall–Kier alpha value is -4.44. The highest BCUT2D eigenvalue weighted by Gasteiger charge is 2.28. The maximum Gasteiger partial charge on any atom is 0.380 e. The van der Waals surface area contributed by atoms with Gasteiger partial charge in [0.15, 0.2) is 11.4 Å². The van der Waals surface area contributed by atoms with Crippen molar-refractivity contribution in [2.45, 2.75) is 13.8 Å². The van der Waals surface area contributed by atoms with Gasteiger partial charge < -0.3 is 25.8 Å². The first-order valence-electron chi connectivity index (χ1n) is 12.1. The summed E-state index contributed by atoms with van der Waals surface area (Å²) in [6.45, 7) is 5.35. The van der Waals surface area contributed by atoms with Crippen LogP contribution in [0.5, 0.6) is 5.75 Å². The Bertz CT molecular complexity index is 1610. The van der Waals surface area contributed by atoms with Crippen molar-refractivity contribution in [3.63, 3.8) is 0 Å². The molecule has 0 saturated heterocycles. The number of carbonyl (C=O) groups excluding carboxylic acids is 1. The van der Waals surface area contributed by atoms with Crippen LogP contribution in [0.2, 0.25) is 0 Å². The van der Waals surface area contributed by atoms with E-state index in [1.165, 1.54) is 17.7 Å². The summed E-state index contributed by atoms with van der Waals surface area (Å²) in [7, 11) is 1.62. The fourth-order valence-electron chi connectivity index (χ4n) is 4.44. The van der Waals surface area contributed by atoms with E-state index in [0.29, 0.717) is 45.4 Å². The molecule has 1 aliphatic rings. The molecular weight excluding hydrogens is 502 g/mol. The van der Waals surface area contributed by atoms with E-state index < -0.39 is 0 Å². The van der Waals surface area contributed by atoms with Crippen molar-refractivity contribution < 1.29 is 14.6 Å².